The van der Waals surface area contributed by atoms with E-state index in [1.54, 1.807) is 12.1 Å². The Kier molecular flexibility index (Phi) is 7.20. The lowest BCUT2D eigenvalue weighted by Gasteiger charge is -2.19. The molecule has 0 aromatic heterocycles. The zero-order chi connectivity index (χ0) is 25.8. The van der Waals surface area contributed by atoms with Crippen molar-refractivity contribution in [2.24, 2.45) is 0 Å². The molecule has 1 N–H and O–H groups in total. The maximum atomic E-state index is 15.1. The van der Waals surface area contributed by atoms with E-state index in [4.69, 9.17) is 14.2 Å². The van der Waals surface area contributed by atoms with Gasteiger partial charge in [0, 0.05) is 11.1 Å². The molecule has 0 bridgehead atoms. The Hall–Kier alpha value is -4.39. The Morgan fingerprint density at radius 2 is 1.50 bits per heavy atom. The first-order chi connectivity index (χ1) is 17.3. The minimum Gasteiger partial charge on any atom is -0.496 e. The third kappa shape index (κ3) is 5.00. The summed E-state index contributed by atoms with van der Waals surface area (Å²) in [5.74, 6) is -2.10. The molecule has 0 aliphatic carbocycles. The third-order valence-corrected chi connectivity index (χ3v) is 5.77. The fraction of sp³-hybridized carbons (Fsp3) is 0.138. The summed E-state index contributed by atoms with van der Waals surface area (Å²) in [5.41, 5.74) is 3.15. The highest BCUT2D eigenvalue weighted by Crippen LogP contribution is 2.45. The van der Waals surface area contributed by atoms with Crippen molar-refractivity contribution >= 4 is 5.97 Å². The van der Waals surface area contributed by atoms with Gasteiger partial charge in [0.05, 0.1) is 14.2 Å². The number of hydrogen-bond acceptors (Lipinski definition) is 4. The molecule has 0 fully saturated rings. The highest BCUT2D eigenvalue weighted by Gasteiger charge is 2.27. The summed E-state index contributed by atoms with van der Waals surface area (Å²) < 4.78 is 45.2. The number of carboxylic acid groups (broad SMARTS) is 1. The average Bonchev–Trinajstić information content (AvgIpc) is 2.88. The second-order valence-electron chi connectivity index (χ2n) is 8.14. The lowest BCUT2D eigenvalue weighted by molar-refractivity contribution is 0.0694. The molecule has 0 spiro atoms. The lowest BCUT2D eigenvalue weighted by Crippen LogP contribution is -2.07. The number of methoxy groups -OCH3 is 2. The number of carboxylic acids is 1. The summed E-state index contributed by atoms with van der Waals surface area (Å²) in [7, 11) is 2.73. The molecule has 7 heteroatoms. The second-order valence-corrected chi connectivity index (χ2v) is 8.14. The summed E-state index contributed by atoms with van der Waals surface area (Å²) in [5, 5.41) is 10.1. The van der Waals surface area contributed by atoms with E-state index >= 15 is 4.39 Å². The van der Waals surface area contributed by atoms with Crippen molar-refractivity contribution in [2.45, 2.75) is 13.5 Å². The molecule has 0 unspecified atom stereocenters. The lowest BCUT2D eigenvalue weighted by atomic mass is 9.92. The van der Waals surface area contributed by atoms with Gasteiger partial charge in [0.2, 0.25) is 0 Å². The van der Waals surface area contributed by atoms with Crippen LogP contribution in [-0.2, 0) is 6.61 Å². The second kappa shape index (κ2) is 10.5. The molecular weight excluding hydrogens is 466 g/mol. The van der Waals surface area contributed by atoms with Crippen molar-refractivity contribution in [3.8, 4) is 39.5 Å². The summed E-state index contributed by atoms with van der Waals surface area (Å²) >= 11 is 0. The van der Waals surface area contributed by atoms with Crippen molar-refractivity contribution in [3.63, 3.8) is 0 Å². The van der Waals surface area contributed by atoms with Crippen molar-refractivity contribution in [1.82, 2.24) is 0 Å². The number of benzene rings is 4. The van der Waals surface area contributed by atoms with Gasteiger partial charge in [0.1, 0.15) is 29.5 Å². The molecule has 0 amide bonds. The van der Waals surface area contributed by atoms with Crippen LogP contribution in [0.1, 0.15) is 21.5 Å². The maximum absolute atomic E-state index is 15.1. The number of hydrogen-bond donors (Lipinski definition) is 1. The van der Waals surface area contributed by atoms with Crippen LogP contribution in [0.2, 0.25) is 0 Å². The molecule has 0 radical (unpaired) electrons. The summed E-state index contributed by atoms with van der Waals surface area (Å²) in [4.78, 5) is 12.4. The number of ether oxygens (including phenoxy) is 3. The molecule has 184 valence electrons. The average molecular weight is 491 g/mol. The smallest absolute Gasteiger partial charge is 0.340 e. The predicted octanol–water partition coefficient (Wildman–Crippen LogP) is 6.90. The van der Waals surface area contributed by atoms with E-state index < -0.39 is 17.6 Å². The quantitative estimate of drug-likeness (QED) is 0.291. The Labute approximate surface area is 207 Å². The van der Waals surface area contributed by atoms with Crippen LogP contribution < -0.4 is 14.2 Å². The number of halogens is 2. The number of carbonyl (C=O) groups is 1. The minimum absolute atomic E-state index is 0.0325. The fourth-order valence-electron chi connectivity index (χ4n) is 3.97. The van der Waals surface area contributed by atoms with Crippen LogP contribution in [-0.4, -0.2) is 25.3 Å². The van der Waals surface area contributed by atoms with Gasteiger partial charge in [-0.1, -0.05) is 48.0 Å². The molecule has 36 heavy (non-hydrogen) atoms. The first-order valence-electron chi connectivity index (χ1n) is 11.1. The molecule has 4 aromatic rings. The van der Waals surface area contributed by atoms with Gasteiger partial charge in [-0.05, 0) is 53.9 Å². The topological polar surface area (TPSA) is 65.0 Å². The molecular formula is C29H24F2O5. The summed E-state index contributed by atoms with van der Waals surface area (Å²) in [6, 6.07) is 19.1. The van der Waals surface area contributed by atoms with E-state index in [0.29, 0.717) is 11.1 Å². The van der Waals surface area contributed by atoms with Crippen LogP contribution in [0.5, 0.6) is 17.2 Å². The molecule has 0 heterocycles. The van der Waals surface area contributed by atoms with Gasteiger partial charge in [-0.2, -0.15) is 0 Å². The molecule has 0 saturated carbocycles. The number of aryl methyl sites for hydroxylation is 1. The third-order valence-electron chi connectivity index (χ3n) is 5.77. The van der Waals surface area contributed by atoms with Gasteiger partial charge in [0.25, 0.3) is 0 Å². The zero-order valence-corrected chi connectivity index (χ0v) is 20.0. The van der Waals surface area contributed by atoms with Gasteiger partial charge in [-0.15, -0.1) is 0 Å². The van der Waals surface area contributed by atoms with Crippen LogP contribution in [0.3, 0.4) is 0 Å². The van der Waals surface area contributed by atoms with E-state index in [1.807, 2.05) is 31.2 Å². The largest absolute Gasteiger partial charge is 0.496 e. The highest BCUT2D eigenvalue weighted by molar-refractivity contribution is 6.04. The van der Waals surface area contributed by atoms with Gasteiger partial charge < -0.3 is 19.3 Å². The van der Waals surface area contributed by atoms with E-state index in [2.05, 4.69) is 0 Å². The Morgan fingerprint density at radius 1 is 0.833 bits per heavy atom. The molecule has 5 nitrogen and oxygen atoms in total. The van der Waals surface area contributed by atoms with Gasteiger partial charge >= 0.3 is 5.97 Å². The first kappa shape index (κ1) is 24.7. The molecule has 0 atom stereocenters. The van der Waals surface area contributed by atoms with Crippen LogP contribution in [0.15, 0.2) is 72.8 Å². The molecule has 4 aromatic carbocycles. The number of aromatic carboxylic acids is 1. The van der Waals surface area contributed by atoms with E-state index in [0.717, 1.165) is 11.1 Å². The standard InChI is InChI=1S/C29H24F2O5/c1-17-4-6-18(7-5-17)16-36-24-13-10-20(14-23(24)31)26-25(34-2)15-22(19-8-11-21(30)12-9-19)28(35-3)27(26)29(32)33/h4-15H,16H2,1-3H3,(H,32,33). The molecule has 0 saturated heterocycles. The zero-order valence-electron chi connectivity index (χ0n) is 20.0. The molecule has 0 aliphatic heterocycles. The minimum atomic E-state index is -1.29. The van der Waals surface area contributed by atoms with Crippen molar-refractivity contribution in [2.75, 3.05) is 14.2 Å². The maximum Gasteiger partial charge on any atom is 0.340 e. The molecule has 4 rings (SSSR count). The van der Waals surface area contributed by atoms with Crippen molar-refractivity contribution in [3.05, 3.63) is 101 Å². The Balaban J connectivity index is 1.78. The van der Waals surface area contributed by atoms with E-state index in [-0.39, 0.29) is 40.5 Å². The fourth-order valence-corrected chi connectivity index (χ4v) is 3.97. The first-order valence-corrected chi connectivity index (χ1v) is 11.1. The summed E-state index contributed by atoms with van der Waals surface area (Å²) in [6.07, 6.45) is 0. The molecule has 0 aliphatic rings. The predicted molar refractivity (Wildman–Crippen MR) is 133 cm³/mol. The highest BCUT2D eigenvalue weighted by atomic mass is 19.1. The summed E-state index contributed by atoms with van der Waals surface area (Å²) in [6.45, 7) is 2.16. The normalized spacial score (nSPS) is 10.7. The van der Waals surface area contributed by atoms with E-state index in [9.17, 15) is 14.3 Å². The SMILES string of the molecule is COc1cc(-c2ccc(F)cc2)c(OC)c(C(=O)O)c1-c1ccc(OCc2ccc(C)cc2)c(F)c1. The Morgan fingerprint density at radius 3 is 2.08 bits per heavy atom. The monoisotopic (exact) mass is 490 g/mol. The van der Waals surface area contributed by atoms with Crippen LogP contribution >= 0.6 is 0 Å². The van der Waals surface area contributed by atoms with Crippen molar-refractivity contribution in [1.29, 1.82) is 0 Å². The van der Waals surface area contributed by atoms with Crippen LogP contribution in [0, 0.1) is 18.6 Å². The Bertz CT molecular complexity index is 1400. The van der Waals surface area contributed by atoms with Gasteiger partial charge in [-0.25, -0.2) is 13.6 Å². The van der Waals surface area contributed by atoms with Gasteiger partial charge in [-0.3, -0.25) is 0 Å². The van der Waals surface area contributed by atoms with Crippen molar-refractivity contribution < 1.29 is 32.9 Å². The van der Waals surface area contributed by atoms with Crippen LogP contribution in [0.25, 0.3) is 22.3 Å². The van der Waals surface area contributed by atoms with E-state index in [1.165, 1.54) is 50.6 Å². The van der Waals surface area contributed by atoms with Crippen LogP contribution in [0.4, 0.5) is 8.78 Å². The number of rotatable bonds is 8. The van der Waals surface area contributed by atoms with Gasteiger partial charge in [0.15, 0.2) is 11.6 Å².